The number of rotatable bonds is 6. The number of halogens is 2. The maximum atomic E-state index is 12.6. The molecule has 8 heteroatoms. The molecule has 0 radical (unpaired) electrons. The standard InChI is InChI=1S/C17H23F2N3O3/c1-12(11-20-2)15(23)21-7-9-22(10-8-21)16(24)13-5-3-4-6-14(13)25-17(18)19/h3-6,12,17,20H,7-11H2,1-2H3. The van der Waals surface area contributed by atoms with Crippen LogP contribution in [0.1, 0.15) is 17.3 Å². The zero-order chi connectivity index (χ0) is 18.4. The molecule has 1 heterocycles. The summed E-state index contributed by atoms with van der Waals surface area (Å²) in [7, 11) is 1.79. The van der Waals surface area contributed by atoms with E-state index >= 15 is 0 Å². The van der Waals surface area contributed by atoms with Gasteiger partial charge in [-0.15, -0.1) is 0 Å². The second kappa shape index (κ2) is 8.75. The number of piperazine rings is 1. The Kier molecular flexibility index (Phi) is 6.69. The van der Waals surface area contributed by atoms with Crippen molar-refractivity contribution in [3.8, 4) is 5.75 Å². The number of hydrogen-bond acceptors (Lipinski definition) is 4. The average Bonchev–Trinajstić information content (AvgIpc) is 2.61. The van der Waals surface area contributed by atoms with Crippen molar-refractivity contribution < 1.29 is 23.1 Å². The zero-order valence-corrected chi connectivity index (χ0v) is 14.4. The van der Waals surface area contributed by atoms with Gasteiger partial charge in [0, 0.05) is 38.6 Å². The fourth-order valence-corrected chi connectivity index (χ4v) is 2.85. The lowest BCUT2D eigenvalue weighted by molar-refractivity contribution is -0.136. The Labute approximate surface area is 145 Å². The van der Waals surface area contributed by atoms with E-state index in [1.807, 2.05) is 6.92 Å². The van der Waals surface area contributed by atoms with E-state index in [0.717, 1.165) is 0 Å². The molecule has 1 aliphatic rings. The molecule has 1 N–H and O–H groups in total. The van der Waals surface area contributed by atoms with E-state index in [-0.39, 0.29) is 29.0 Å². The van der Waals surface area contributed by atoms with Gasteiger partial charge in [0.1, 0.15) is 5.75 Å². The molecule has 0 spiro atoms. The highest BCUT2D eigenvalue weighted by Crippen LogP contribution is 2.22. The Morgan fingerprint density at radius 2 is 1.76 bits per heavy atom. The third-order valence-electron chi connectivity index (χ3n) is 4.14. The quantitative estimate of drug-likeness (QED) is 0.839. The van der Waals surface area contributed by atoms with Gasteiger partial charge >= 0.3 is 6.61 Å². The third-order valence-corrected chi connectivity index (χ3v) is 4.14. The molecule has 1 fully saturated rings. The van der Waals surface area contributed by atoms with Gasteiger partial charge in [-0.3, -0.25) is 9.59 Å². The summed E-state index contributed by atoms with van der Waals surface area (Å²) in [5.74, 6) is -0.592. The van der Waals surface area contributed by atoms with Gasteiger partial charge in [0.05, 0.1) is 5.56 Å². The highest BCUT2D eigenvalue weighted by molar-refractivity contribution is 5.97. The summed E-state index contributed by atoms with van der Waals surface area (Å²) >= 11 is 0. The van der Waals surface area contributed by atoms with Gasteiger partial charge < -0.3 is 19.9 Å². The van der Waals surface area contributed by atoms with E-state index in [2.05, 4.69) is 10.1 Å². The van der Waals surface area contributed by atoms with Gasteiger partial charge in [0.2, 0.25) is 5.91 Å². The van der Waals surface area contributed by atoms with Crippen molar-refractivity contribution >= 4 is 11.8 Å². The summed E-state index contributed by atoms with van der Waals surface area (Å²) in [6.07, 6.45) is 0. The van der Waals surface area contributed by atoms with Gasteiger partial charge in [-0.05, 0) is 19.2 Å². The second-order valence-electron chi connectivity index (χ2n) is 5.95. The molecule has 1 aromatic rings. The molecule has 0 saturated carbocycles. The van der Waals surface area contributed by atoms with Crippen LogP contribution in [0.3, 0.4) is 0 Å². The minimum Gasteiger partial charge on any atom is -0.434 e. The lowest BCUT2D eigenvalue weighted by Crippen LogP contribution is -2.52. The number of nitrogens with one attached hydrogen (secondary N) is 1. The van der Waals surface area contributed by atoms with Crippen LogP contribution >= 0.6 is 0 Å². The van der Waals surface area contributed by atoms with Crippen molar-refractivity contribution in [1.29, 1.82) is 0 Å². The predicted molar refractivity (Wildman–Crippen MR) is 88.6 cm³/mol. The average molecular weight is 355 g/mol. The molecule has 1 aromatic carbocycles. The molecular weight excluding hydrogens is 332 g/mol. The Morgan fingerprint density at radius 1 is 1.16 bits per heavy atom. The van der Waals surface area contributed by atoms with Crippen molar-refractivity contribution in [2.75, 3.05) is 39.8 Å². The molecule has 138 valence electrons. The van der Waals surface area contributed by atoms with Gasteiger partial charge in [0.25, 0.3) is 5.91 Å². The van der Waals surface area contributed by atoms with Crippen LogP contribution in [0.2, 0.25) is 0 Å². The van der Waals surface area contributed by atoms with Crippen LogP contribution in [-0.4, -0.2) is 68.0 Å². The van der Waals surface area contributed by atoms with Crippen molar-refractivity contribution in [3.63, 3.8) is 0 Å². The van der Waals surface area contributed by atoms with Crippen LogP contribution in [0.25, 0.3) is 0 Å². The van der Waals surface area contributed by atoms with Crippen molar-refractivity contribution in [2.45, 2.75) is 13.5 Å². The highest BCUT2D eigenvalue weighted by atomic mass is 19.3. The van der Waals surface area contributed by atoms with E-state index < -0.39 is 6.61 Å². The number of benzene rings is 1. The number of ether oxygens (including phenoxy) is 1. The molecule has 1 atom stereocenters. The predicted octanol–water partition coefficient (Wildman–Crippen LogP) is 1.43. The minimum absolute atomic E-state index is 0.0443. The summed E-state index contributed by atoms with van der Waals surface area (Å²) < 4.78 is 29.4. The maximum Gasteiger partial charge on any atom is 0.387 e. The number of carbonyl (C=O) groups excluding carboxylic acids is 2. The van der Waals surface area contributed by atoms with E-state index in [1.165, 1.54) is 18.2 Å². The Bertz CT molecular complexity index is 605. The molecule has 1 unspecified atom stereocenters. The van der Waals surface area contributed by atoms with Gasteiger partial charge in [0.15, 0.2) is 0 Å². The van der Waals surface area contributed by atoms with Gasteiger partial charge in [-0.25, -0.2) is 0 Å². The fraction of sp³-hybridized carbons (Fsp3) is 0.529. The van der Waals surface area contributed by atoms with Crippen LogP contribution in [0, 0.1) is 5.92 Å². The maximum absolute atomic E-state index is 12.6. The van der Waals surface area contributed by atoms with Crippen molar-refractivity contribution in [3.05, 3.63) is 29.8 Å². The van der Waals surface area contributed by atoms with E-state index in [4.69, 9.17) is 0 Å². The SMILES string of the molecule is CNCC(C)C(=O)N1CCN(C(=O)c2ccccc2OC(F)F)CC1. The molecule has 2 amide bonds. The molecule has 1 aliphatic heterocycles. The summed E-state index contributed by atoms with van der Waals surface area (Å²) in [4.78, 5) is 28.2. The topological polar surface area (TPSA) is 61.9 Å². The molecule has 25 heavy (non-hydrogen) atoms. The largest absolute Gasteiger partial charge is 0.434 e. The first-order valence-electron chi connectivity index (χ1n) is 8.20. The molecule has 0 aromatic heterocycles. The van der Waals surface area contributed by atoms with Crippen LogP contribution in [0.4, 0.5) is 8.78 Å². The van der Waals surface area contributed by atoms with Crippen LogP contribution in [-0.2, 0) is 4.79 Å². The van der Waals surface area contributed by atoms with Gasteiger partial charge in [-0.2, -0.15) is 8.78 Å². The normalized spacial score (nSPS) is 16.0. The Morgan fingerprint density at radius 3 is 2.36 bits per heavy atom. The highest BCUT2D eigenvalue weighted by Gasteiger charge is 2.28. The first-order valence-corrected chi connectivity index (χ1v) is 8.20. The fourth-order valence-electron chi connectivity index (χ4n) is 2.85. The van der Waals surface area contributed by atoms with Crippen LogP contribution in [0.5, 0.6) is 5.75 Å². The van der Waals surface area contributed by atoms with Gasteiger partial charge in [-0.1, -0.05) is 19.1 Å². The van der Waals surface area contributed by atoms with Crippen molar-refractivity contribution in [2.24, 2.45) is 5.92 Å². The summed E-state index contributed by atoms with van der Waals surface area (Å²) in [5.41, 5.74) is 0.103. The summed E-state index contributed by atoms with van der Waals surface area (Å²) in [6, 6.07) is 5.95. The van der Waals surface area contributed by atoms with Crippen molar-refractivity contribution in [1.82, 2.24) is 15.1 Å². The zero-order valence-electron chi connectivity index (χ0n) is 14.4. The first-order chi connectivity index (χ1) is 11.9. The monoisotopic (exact) mass is 355 g/mol. The Hall–Kier alpha value is -2.22. The third kappa shape index (κ3) is 4.88. The number of para-hydroxylation sites is 1. The number of alkyl halides is 2. The number of amides is 2. The molecule has 6 nitrogen and oxygen atoms in total. The Balaban J connectivity index is 1.99. The summed E-state index contributed by atoms with van der Waals surface area (Å²) in [5, 5.41) is 2.97. The smallest absolute Gasteiger partial charge is 0.387 e. The summed E-state index contributed by atoms with van der Waals surface area (Å²) in [6.45, 7) is 1.04. The molecular formula is C17H23F2N3O3. The van der Waals surface area contributed by atoms with E-state index in [0.29, 0.717) is 32.7 Å². The lowest BCUT2D eigenvalue weighted by atomic mass is 10.1. The number of carbonyl (C=O) groups is 2. The van der Waals surface area contributed by atoms with Crippen LogP contribution in [0.15, 0.2) is 24.3 Å². The lowest BCUT2D eigenvalue weighted by Gasteiger charge is -2.36. The minimum atomic E-state index is -2.99. The number of hydrogen-bond donors (Lipinski definition) is 1. The van der Waals surface area contributed by atoms with Crippen LogP contribution < -0.4 is 10.1 Å². The molecule has 0 aliphatic carbocycles. The van der Waals surface area contributed by atoms with E-state index in [9.17, 15) is 18.4 Å². The number of nitrogens with zero attached hydrogens (tertiary/aromatic N) is 2. The first kappa shape index (κ1) is 19.1. The van der Waals surface area contributed by atoms with E-state index in [1.54, 1.807) is 22.9 Å². The molecule has 0 bridgehead atoms. The molecule has 1 saturated heterocycles. The molecule has 2 rings (SSSR count). The second-order valence-corrected chi connectivity index (χ2v) is 5.95.